The SMILES string of the molecule is C[C@H]1CCCN1c1cccc(N2C=C(c3cccc(CNC4CCNCC4)c3)SC2)c1. The van der Waals surface area contributed by atoms with E-state index in [2.05, 4.69) is 82.1 Å². The summed E-state index contributed by atoms with van der Waals surface area (Å²) in [6, 6.07) is 19.4. The first kappa shape index (κ1) is 20.9. The van der Waals surface area contributed by atoms with Crippen molar-refractivity contribution >= 4 is 28.0 Å². The van der Waals surface area contributed by atoms with E-state index in [0.717, 1.165) is 25.5 Å². The fraction of sp³-hybridized carbons (Fsp3) is 0.462. The molecule has 4 nitrogen and oxygen atoms in total. The lowest BCUT2D eigenvalue weighted by molar-refractivity contribution is 0.386. The molecule has 5 rings (SSSR count). The van der Waals surface area contributed by atoms with Crippen molar-refractivity contribution in [2.75, 3.05) is 35.3 Å². The molecule has 2 aromatic rings. The fourth-order valence-corrected chi connectivity index (χ4v) is 5.95. The Morgan fingerprint density at radius 2 is 1.87 bits per heavy atom. The van der Waals surface area contributed by atoms with Crippen LogP contribution in [0.4, 0.5) is 11.4 Å². The minimum atomic E-state index is 0.645. The van der Waals surface area contributed by atoms with Gasteiger partial charge in [-0.1, -0.05) is 24.3 Å². The number of hydrogen-bond acceptors (Lipinski definition) is 5. The average Bonchev–Trinajstić information content (AvgIpc) is 3.48. The summed E-state index contributed by atoms with van der Waals surface area (Å²) in [4.78, 5) is 6.31. The van der Waals surface area contributed by atoms with E-state index >= 15 is 0 Å². The third kappa shape index (κ3) is 4.94. The van der Waals surface area contributed by atoms with Crippen LogP contribution in [0.2, 0.25) is 0 Å². The van der Waals surface area contributed by atoms with Crippen molar-refractivity contribution in [2.24, 2.45) is 0 Å². The van der Waals surface area contributed by atoms with Crippen LogP contribution in [0.1, 0.15) is 43.7 Å². The van der Waals surface area contributed by atoms with Crippen molar-refractivity contribution < 1.29 is 0 Å². The maximum Gasteiger partial charge on any atom is 0.0730 e. The van der Waals surface area contributed by atoms with E-state index in [0.29, 0.717) is 12.1 Å². The molecular formula is C26H34N4S. The summed E-state index contributed by atoms with van der Waals surface area (Å²) in [6.45, 7) is 6.75. The lowest BCUT2D eigenvalue weighted by atomic mass is 10.1. The van der Waals surface area contributed by atoms with Crippen LogP contribution in [0.15, 0.2) is 54.7 Å². The monoisotopic (exact) mass is 434 g/mol. The minimum Gasteiger partial charge on any atom is -0.369 e. The van der Waals surface area contributed by atoms with Gasteiger partial charge in [0.1, 0.15) is 0 Å². The van der Waals surface area contributed by atoms with E-state index in [9.17, 15) is 0 Å². The highest BCUT2D eigenvalue weighted by molar-refractivity contribution is 8.08. The molecule has 0 amide bonds. The predicted molar refractivity (Wildman–Crippen MR) is 135 cm³/mol. The van der Waals surface area contributed by atoms with E-state index in [-0.39, 0.29) is 0 Å². The first-order valence-electron chi connectivity index (χ1n) is 11.8. The van der Waals surface area contributed by atoms with Gasteiger partial charge in [0, 0.05) is 47.7 Å². The van der Waals surface area contributed by atoms with Crippen LogP contribution in [-0.2, 0) is 6.54 Å². The summed E-state index contributed by atoms with van der Waals surface area (Å²) < 4.78 is 0. The van der Waals surface area contributed by atoms with Crippen molar-refractivity contribution in [1.29, 1.82) is 0 Å². The van der Waals surface area contributed by atoms with Crippen LogP contribution in [0.3, 0.4) is 0 Å². The number of anilines is 2. The summed E-state index contributed by atoms with van der Waals surface area (Å²) in [7, 11) is 0. The number of benzene rings is 2. The molecule has 3 aliphatic heterocycles. The van der Waals surface area contributed by atoms with Crippen LogP contribution < -0.4 is 20.4 Å². The predicted octanol–water partition coefficient (Wildman–Crippen LogP) is 5.03. The Morgan fingerprint density at radius 3 is 2.71 bits per heavy atom. The zero-order chi connectivity index (χ0) is 21.0. The van der Waals surface area contributed by atoms with Crippen molar-refractivity contribution in [3.8, 4) is 0 Å². The van der Waals surface area contributed by atoms with Crippen LogP contribution >= 0.6 is 11.8 Å². The Kier molecular flexibility index (Phi) is 6.53. The van der Waals surface area contributed by atoms with Gasteiger partial charge in [-0.25, -0.2) is 0 Å². The van der Waals surface area contributed by atoms with E-state index in [1.807, 2.05) is 11.8 Å². The number of thioether (sulfide) groups is 1. The second-order valence-corrected chi connectivity index (χ2v) is 10.0. The van der Waals surface area contributed by atoms with Gasteiger partial charge in [0.2, 0.25) is 0 Å². The quantitative estimate of drug-likeness (QED) is 0.666. The number of hydrogen-bond donors (Lipinski definition) is 2. The first-order chi connectivity index (χ1) is 15.3. The lowest BCUT2D eigenvalue weighted by Crippen LogP contribution is -2.39. The van der Waals surface area contributed by atoms with E-state index in [1.165, 1.54) is 59.6 Å². The van der Waals surface area contributed by atoms with E-state index in [1.54, 1.807) is 0 Å². The Hall–Kier alpha value is -1.95. The van der Waals surface area contributed by atoms with Gasteiger partial charge in [-0.2, -0.15) is 0 Å². The smallest absolute Gasteiger partial charge is 0.0730 e. The normalized spacial score (nSPS) is 22.2. The Labute approximate surface area is 191 Å². The second-order valence-electron chi connectivity index (χ2n) is 9.05. The Bertz CT molecular complexity index is 921. The summed E-state index contributed by atoms with van der Waals surface area (Å²) >= 11 is 1.94. The number of nitrogens with one attached hydrogen (secondary N) is 2. The van der Waals surface area contributed by atoms with E-state index in [4.69, 9.17) is 0 Å². The zero-order valence-electron chi connectivity index (χ0n) is 18.5. The molecule has 0 unspecified atom stereocenters. The van der Waals surface area contributed by atoms with Crippen molar-refractivity contribution in [1.82, 2.24) is 10.6 Å². The molecule has 0 aromatic heterocycles. The molecule has 0 spiro atoms. The standard InChI is InChI=1S/C26H34N4S/c1-20-5-4-14-30(20)25-9-3-8-24(16-25)29-18-26(31-19-29)22-7-2-6-21(15-22)17-28-23-10-12-27-13-11-23/h2-3,6-9,15-16,18,20,23,27-28H,4-5,10-14,17,19H2,1H3/t20-/m0/s1. The molecule has 5 heteroatoms. The molecular weight excluding hydrogens is 400 g/mol. The van der Waals surface area contributed by atoms with Gasteiger partial charge in [0.25, 0.3) is 0 Å². The second kappa shape index (κ2) is 9.68. The number of rotatable bonds is 6. The largest absolute Gasteiger partial charge is 0.369 e. The molecule has 31 heavy (non-hydrogen) atoms. The van der Waals surface area contributed by atoms with Crippen molar-refractivity contribution in [3.05, 3.63) is 65.9 Å². The number of piperidine rings is 1. The molecule has 0 radical (unpaired) electrons. The number of nitrogens with zero attached hydrogens (tertiary/aromatic N) is 2. The molecule has 0 aliphatic carbocycles. The molecule has 2 fully saturated rings. The minimum absolute atomic E-state index is 0.645. The van der Waals surface area contributed by atoms with Gasteiger partial charge in [-0.15, -0.1) is 11.8 Å². The topological polar surface area (TPSA) is 30.5 Å². The highest BCUT2D eigenvalue weighted by Gasteiger charge is 2.22. The van der Waals surface area contributed by atoms with Gasteiger partial charge in [-0.3, -0.25) is 0 Å². The van der Waals surface area contributed by atoms with Gasteiger partial charge in [0.05, 0.1) is 5.88 Å². The molecule has 0 bridgehead atoms. The molecule has 3 aliphatic rings. The van der Waals surface area contributed by atoms with Gasteiger partial charge in [-0.05, 0) is 81.1 Å². The molecule has 3 heterocycles. The van der Waals surface area contributed by atoms with Crippen molar-refractivity contribution in [3.63, 3.8) is 0 Å². The summed E-state index contributed by atoms with van der Waals surface area (Å²) in [5.41, 5.74) is 5.37. The average molecular weight is 435 g/mol. The summed E-state index contributed by atoms with van der Waals surface area (Å²) in [6.07, 6.45) is 7.39. The molecule has 2 N–H and O–H groups in total. The summed E-state index contributed by atoms with van der Waals surface area (Å²) in [5.74, 6) is 0.978. The Morgan fingerprint density at radius 1 is 1.03 bits per heavy atom. The highest BCUT2D eigenvalue weighted by atomic mass is 32.2. The van der Waals surface area contributed by atoms with Gasteiger partial charge >= 0.3 is 0 Å². The molecule has 0 saturated carbocycles. The Balaban J connectivity index is 1.27. The van der Waals surface area contributed by atoms with Crippen LogP contribution in [0.5, 0.6) is 0 Å². The zero-order valence-corrected chi connectivity index (χ0v) is 19.3. The van der Waals surface area contributed by atoms with Gasteiger partial charge < -0.3 is 20.4 Å². The highest BCUT2D eigenvalue weighted by Crippen LogP contribution is 2.38. The third-order valence-corrected chi connectivity index (χ3v) is 7.88. The molecule has 1 atom stereocenters. The maximum absolute atomic E-state index is 3.75. The fourth-order valence-electron chi connectivity index (χ4n) is 4.95. The molecule has 2 saturated heterocycles. The van der Waals surface area contributed by atoms with Crippen molar-refractivity contribution in [2.45, 2.75) is 51.2 Å². The van der Waals surface area contributed by atoms with Crippen LogP contribution in [0, 0.1) is 0 Å². The van der Waals surface area contributed by atoms with E-state index < -0.39 is 0 Å². The van der Waals surface area contributed by atoms with Crippen LogP contribution in [-0.4, -0.2) is 37.6 Å². The van der Waals surface area contributed by atoms with Gasteiger partial charge in [0.15, 0.2) is 0 Å². The maximum atomic E-state index is 3.75. The lowest BCUT2D eigenvalue weighted by Gasteiger charge is -2.25. The first-order valence-corrected chi connectivity index (χ1v) is 12.8. The van der Waals surface area contributed by atoms with Crippen LogP contribution in [0.25, 0.3) is 4.91 Å². The summed E-state index contributed by atoms with van der Waals surface area (Å²) in [5, 5.41) is 7.19. The third-order valence-electron chi connectivity index (χ3n) is 6.82. The molecule has 164 valence electrons. The molecule has 2 aromatic carbocycles.